The average molecular weight is 249 g/mol. The van der Waals surface area contributed by atoms with Gasteiger partial charge < -0.3 is 0 Å². The number of allylic oxidation sites excluding steroid dienone is 3. The standard InChI is InChI=1S/C17H31N/c1-5-7-9-11-16-13-18(12-10-8-6-2)14-17(16)15(3)4/h7-10,15-17H,5-6,11-14H2,1-4H3/b9-7+,10-8+/t16-,17?/m0/s1. The number of likely N-dealkylation sites (tertiary alicyclic amines) is 1. The number of rotatable bonds is 7. The molecule has 1 nitrogen and oxygen atoms in total. The lowest BCUT2D eigenvalue weighted by Gasteiger charge is -2.20. The minimum atomic E-state index is 0.810. The van der Waals surface area contributed by atoms with Crippen LogP contribution in [0.5, 0.6) is 0 Å². The van der Waals surface area contributed by atoms with E-state index in [-0.39, 0.29) is 0 Å². The summed E-state index contributed by atoms with van der Waals surface area (Å²) in [4.78, 5) is 2.63. The Balaban J connectivity index is 2.48. The Labute approximate surface area is 114 Å². The second kappa shape index (κ2) is 8.53. The summed E-state index contributed by atoms with van der Waals surface area (Å²) in [7, 11) is 0. The molecule has 0 bridgehead atoms. The first-order chi connectivity index (χ1) is 8.69. The predicted molar refractivity (Wildman–Crippen MR) is 81.7 cm³/mol. The molecular formula is C17H31N. The summed E-state index contributed by atoms with van der Waals surface area (Å²) in [5.74, 6) is 2.55. The first-order valence-electron chi connectivity index (χ1n) is 7.71. The molecule has 1 unspecified atom stereocenters. The molecule has 1 heteroatoms. The quantitative estimate of drug-likeness (QED) is 0.600. The van der Waals surface area contributed by atoms with E-state index < -0.39 is 0 Å². The van der Waals surface area contributed by atoms with Crippen molar-refractivity contribution < 1.29 is 0 Å². The summed E-state index contributed by atoms with van der Waals surface area (Å²) in [5.41, 5.74) is 0. The van der Waals surface area contributed by atoms with E-state index in [1.807, 2.05) is 0 Å². The van der Waals surface area contributed by atoms with Crippen molar-refractivity contribution in [1.82, 2.24) is 4.90 Å². The van der Waals surface area contributed by atoms with Crippen molar-refractivity contribution in [3.63, 3.8) is 0 Å². The molecule has 18 heavy (non-hydrogen) atoms. The van der Waals surface area contributed by atoms with Gasteiger partial charge in [0.05, 0.1) is 0 Å². The molecule has 1 aliphatic heterocycles. The molecule has 0 radical (unpaired) electrons. The molecule has 1 aliphatic rings. The van der Waals surface area contributed by atoms with E-state index in [4.69, 9.17) is 0 Å². The van der Waals surface area contributed by atoms with Gasteiger partial charge in [0.2, 0.25) is 0 Å². The molecule has 0 amide bonds. The van der Waals surface area contributed by atoms with Crippen molar-refractivity contribution in [1.29, 1.82) is 0 Å². The molecular weight excluding hydrogens is 218 g/mol. The number of hydrogen-bond acceptors (Lipinski definition) is 1. The van der Waals surface area contributed by atoms with Crippen LogP contribution in [0.3, 0.4) is 0 Å². The van der Waals surface area contributed by atoms with Crippen LogP contribution in [0.1, 0.15) is 47.0 Å². The van der Waals surface area contributed by atoms with E-state index in [1.165, 1.54) is 25.9 Å². The van der Waals surface area contributed by atoms with Gasteiger partial charge in [-0.3, -0.25) is 4.90 Å². The van der Waals surface area contributed by atoms with Gasteiger partial charge >= 0.3 is 0 Å². The molecule has 0 aromatic rings. The van der Waals surface area contributed by atoms with Crippen LogP contribution < -0.4 is 0 Å². The third-order valence-corrected chi connectivity index (χ3v) is 4.03. The lowest BCUT2D eigenvalue weighted by atomic mass is 9.84. The van der Waals surface area contributed by atoms with Crippen molar-refractivity contribution >= 4 is 0 Å². The second-order valence-corrected chi connectivity index (χ2v) is 5.88. The lowest BCUT2D eigenvalue weighted by Crippen LogP contribution is -2.21. The fraction of sp³-hybridized carbons (Fsp3) is 0.765. The predicted octanol–water partition coefficient (Wildman–Crippen LogP) is 4.51. The van der Waals surface area contributed by atoms with E-state index in [1.54, 1.807) is 0 Å². The van der Waals surface area contributed by atoms with Crippen LogP contribution >= 0.6 is 0 Å². The van der Waals surface area contributed by atoms with Crippen LogP contribution in [0, 0.1) is 17.8 Å². The first kappa shape index (κ1) is 15.5. The third-order valence-electron chi connectivity index (χ3n) is 4.03. The Hall–Kier alpha value is -0.560. The SMILES string of the molecule is CC/C=C/C[C@H]1CN(C/C=C/CC)CC1C(C)C. The minimum Gasteiger partial charge on any atom is -0.299 e. The van der Waals surface area contributed by atoms with Crippen molar-refractivity contribution in [3.05, 3.63) is 24.3 Å². The number of hydrogen-bond donors (Lipinski definition) is 0. The molecule has 2 atom stereocenters. The molecule has 0 aromatic carbocycles. The van der Waals surface area contributed by atoms with Gasteiger partial charge in [0.25, 0.3) is 0 Å². The molecule has 1 fully saturated rings. The highest BCUT2D eigenvalue weighted by molar-refractivity contribution is 4.94. The van der Waals surface area contributed by atoms with Crippen molar-refractivity contribution in [2.75, 3.05) is 19.6 Å². The molecule has 1 heterocycles. The maximum atomic E-state index is 2.63. The van der Waals surface area contributed by atoms with Gasteiger partial charge in [-0.25, -0.2) is 0 Å². The summed E-state index contributed by atoms with van der Waals surface area (Å²) in [6, 6.07) is 0. The summed E-state index contributed by atoms with van der Waals surface area (Å²) < 4.78 is 0. The van der Waals surface area contributed by atoms with Crippen LogP contribution in [0.4, 0.5) is 0 Å². The summed E-state index contributed by atoms with van der Waals surface area (Å²) in [6.07, 6.45) is 12.9. The van der Waals surface area contributed by atoms with Crippen LogP contribution in [0.2, 0.25) is 0 Å². The van der Waals surface area contributed by atoms with Crippen LogP contribution in [0.25, 0.3) is 0 Å². The maximum Gasteiger partial charge on any atom is 0.0163 e. The molecule has 0 N–H and O–H groups in total. The second-order valence-electron chi connectivity index (χ2n) is 5.88. The number of nitrogens with zero attached hydrogens (tertiary/aromatic N) is 1. The van der Waals surface area contributed by atoms with Gasteiger partial charge in [0.1, 0.15) is 0 Å². The first-order valence-corrected chi connectivity index (χ1v) is 7.71. The molecule has 0 aliphatic carbocycles. The van der Waals surface area contributed by atoms with Gasteiger partial charge in [-0.1, -0.05) is 52.0 Å². The zero-order chi connectivity index (χ0) is 13.4. The van der Waals surface area contributed by atoms with E-state index in [9.17, 15) is 0 Å². The van der Waals surface area contributed by atoms with Crippen molar-refractivity contribution in [3.8, 4) is 0 Å². The van der Waals surface area contributed by atoms with Crippen LogP contribution in [0.15, 0.2) is 24.3 Å². The normalized spacial score (nSPS) is 26.1. The molecule has 0 spiro atoms. The highest BCUT2D eigenvalue weighted by atomic mass is 15.1. The van der Waals surface area contributed by atoms with E-state index in [0.717, 1.165) is 30.7 Å². The molecule has 1 rings (SSSR count). The monoisotopic (exact) mass is 249 g/mol. The Morgan fingerprint density at radius 1 is 1.00 bits per heavy atom. The van der Waals surface area contributed by atoms with Gasteiger partial charge in [-0.2, -0.15) is 0 Å². The average Bonchev–Trinajstić information content (AvgIpc) is 2.73. The van der Waals surface area contributed by atoms with Gasteiger partial charge in [0, 0.05) is 19.6 Å². The van der Waals surface area contributed by atoms with E-state index in [2.05, 4.69) is 56.9 Å². The third kappa shape index (κ3) is 4.97. The molecule has 0 aromatic heterocycles. The Morgan fingerprint density at radius 2 is 1.67 bits per heavy atom. The summed E-state index contributed by atoms with van der Waals surface area (Å²) in [5, 5.41) is 0. The Kier molecular flexibility index (Phi) is 7.34. The van der Waals surface area contributed by atoms with E-state index in [0.29, 0.717) is 0 Å². The highest BCUT2D eigenvalue weighted by Gasteiger charge is 2.32. The van der Waals surface area contributed by atoms with Crippen molar-refractivity contribution in [2.45, 2.75) is 47.0 Å². The Bertz CT molecular complexity index is 265. The fourth-order valence-corrected chi connectivity index (χ4v) is 2.97. The van der Waals surface area contributed by atoms with Crippen molar-refractivity contribution in [2.24, 2.45) is 17.8 Å². The molecule has 104 valence electrons. The zero-order valence-electron chi connectivity index (χ0n) is 12.7. The fourth-order valence-electron chi connectivity index (χ4n) is 2.97. The Morgan fingerprint density at radius 3 is 2.28 bits per heavy atom. The summed E-state index contributed by atoms with van der Waals surface area (Å²) >= 11 is 0. The van der Waals surface area contributed by atoms with E-state index >= 15 is 0 Å². The van der Waals surface area contributed by atoms with Crippen LogP contribution in [-0.2, 0) is 0 Å². The van der Waals surface area contributed by atoms with Gasteiger partial charge in [-0.05, 0) is 37.0 Å². The highest BCUT2D eigenvalue weighted by Crippen LogP contribution is 2.32. The topological polar surface area (TPSA) is 3.24 Å². The van der Waals surface area contributed by atoms with Gasteiger partial charge in [0.15, 0.2) is 0 Å². The minimum absolute atomic E-state index is 0.810. The van der Waals surface area contributed by atoms with Gasteiger partial charge in [-0.15, -0.1) is 0 Å². The summed E-state index contributed by atoms with van der Waals surface area (Å²) in [6.45, 7) is 12.9. The maximum absolute atomic E-state index is 2.63. The molecule has 1 saturated heterocycles. The zero-order valence-corrected chi connectivity index (χ0v) is 12.7. The largest absolute Gasteiger partial charge is 0.299 e. The lowest BCUT2D eigenvalue weighted by molar-refractivity contribution is 0.311. The molecule has 0 saturated carbocycles. The smallest absolute Gasteiger partial charge is 0.0163 e. The van der Waals surface area contributed by atoms with Crippen LogP contribution in [-0.4, -0.2) is 24.5 Å².